The molecule has 1 saturated heterocycles. The first kappa shape index (κ1) is 17.0. The van der Waals surface area contributed by atoms with Gasteiger partial charge in [-0.15, -0.1) is 0 Å². The molecular formula is C18H26O4. The molecule has 0 aromatic heterocycles. The van der Waals surface area contributed by atoms with Crippen molar-refractivity contribution in [2.75, 3.05) is 13.7 Å². The van der Waals surface area contributed by atoms with Crippen molar-refractivity contribution < 1.29 is 19.0 Å². The molecule has 1 aliphatic heterocycles. The van der Waals surface area contributed by atoms with E-state index in [0.29, 0.717) is 19.1 Å². The molecule has 1 fully saturated rings. The molecule has 1 aliphatic rings. The molecule has 1 heterocycles. The molecule has 0 bridgehead atoms. The van der Waals surface area contributed by atoms with E-state index in [0.717, 1.165) is 36.9 Å². The number of carbonyl (C=O) groups is 1. The highest BCUT2D eigenvalue weighted by Crippen LogP contribution is 2.34. The molecule has 122 valence electrons. The van der Waals surface area contributed by atoms with Crippen molar-refractivity contribution in [2.24, 2.45) is 5.92 Å². The number of hydrogen-bond acceptors (Lipinski definition) is 4. The summed E-state index contributed by atoms with van der Waals surface area (Å²) >= 11 is 0. The third-order valence-electron chi connectivity index (χ3n) is 4.16. The van der Waals surface area contributed by atoms with Crippen LogP contribution in [0.15, 0.2) is 24.3 Å². The van der Waals surface area contributed by atoms with Gasteiger partial charge in [-0.3, -0.25) is 0 Å². The zero-order chi connectivity index (χ0) is 16.0. The Morgan fingerprint density at radius 2 is 2.14 bits per heavy atom. The van der Waals surface area contributed by atoms with Crippen LogP contribution < -0.4 is 4.74 Å². The van der Waals surface area contributed by atoms with Gasteiger partial charge in [0, 0.05) is 6.61 Å². The maximum absolute atomic E-state index is 10.8. The summed E-state index contributed by atoms with van der Waals surface area (Å²) in [6, 6.07) is 7.91. The van der Waals surface area contributed by atoms with Crippen molar-refractivity contribution in [1.29, 1.82) is 0 Å². The zero-order valence-corrected chi connectivity index (χ0v) is 13.7. The highest BCUT2D eigenvalue weighted by molar-refractivity contribution is 5.56. The highest BCUT2D eigenvalue weighted by atomic mass is 16.5. The van der Waals surface area contributed by atoms with Crippen molar-refractivity contribution in [3.63, 3.8) is 0 Å². The molecule has 0 unspecified atom stereocenters. The van der Waals surface area contributed by atoms with Crippen LogP contribution in [-0.2, 0) is 20.9 Å². The van der Waals surface area contributed by atoms with E-state index in [2.05, 4.69) is 13.8 Å². The summed E-state index contributed by atoms with van der Waals surface area (Å²) < 4.78 is 16.8. The standard InChI is InChI=1S/C18H26O4/c1-14(10-18(2)9-8-17(11-19)22-18)12-21-13-15-4-6-16(20-3)7-5-15/h4-7,11,14,17H,8-10,12-13H2,1-3H3/t14-,17-,18+/m1/s1. The maximum Gasteiger partial charge on any atom is 0.148 e. The normalized spacial score (nSPS) is 25.9. The molecular weight excluding hydrogens is 280 g/mol. The largest absolute Gasteiger partial charge is 0.497 e. The van der Waals surface area contributed by atoms with E-state index in [1.165, 1.54) is 0 Å². The highest BCUT2D eigenvalue weighted by Gasteiger charge is 2.36. The van der Waals surface area contributed by atoms with Gasteiger partial charge in [-0.1, -0.05) is 19.1 Å². The smallest absolute Gasteiger partial charge is 0.148 e. The number of methoxy groups -OCH3 is 1. The summed E-state index contributed by atoms with van der Waals surface area (Å²) in [6.45, 7) is 5.55. The van der Waals surface area contributed by atoms with Crippen LogP contribution in [0.2, 0.25) is 0 Å². The number of benzene rings is 1. The van der Waals surface area contributed by atoms with E-state index >= 15 is 0 Å². The molecule has 0 radical (unpaired) electrons. The summed E-state index contributed by atoms with van der Waals surface area (Å²) in [6.07, 6.45) is 3.38. The third-order valence-corrected chi connectivity index (χ3v) is 4.16. The van der Waals surface area contributed by atoms with Crippen LogP contribution in [0.3, 0.4) is 0 Å². The van der Waals surface area contributed by atoms with Crippen LogP contribution in [-0.4, -0.2) is 31.7 Å². The fraction of sp³-hybridized carbons (Fsp3) is 0.611. The summed E-state index contributed by atoms with van der Waals surface area (Å²) in [5.74, 6) is 1.25. The molecule has 1 aromatic carbocycles. The van der Waals surface area contributed by atoms with Crippen molar-refractivity contribution in [3.8, 4) is 5.75 Å². The molecule has 3 atom stereocenters. The van der Waals surface area contributed by atoms with E-state index < -0.39 is 0 Å². The zero-order valence-electron chi connectivity index (χ0n) is 13.7. The Balaban J connectivity index is 1.71. The summed E-state index contributed by atoms with van der Waals surface area (Å²) in [5.41, 5.74) is 0.950. The average molecular weight is 306 g/mol. The van der Waals surface area contributed by atoms with Gasteiger partial charge in [-0.25, -0.2) is 0 Å². The van der Waals surface area contributed by atoms with Crippen molar-refractivity contribution in [2.45, 2.75) is 51.4 Å². The minimum Gasteiger partial charge on any atom is -0.497 e. The minimum absolute atomic E-state index is 0.186. The molecule has 0 saturated carbocycles. The van der Waals surface area contributed by atoms with E-state index in [1.54, 1.807) is 7.11 Å². The number of rotatable bonds is 8. The predicted molar refractivity (Wildman–Crippen MR) is 85.0 cm³/mol. The van der Waals surface area contributed by atoms with E-state index in [9.17, 15) is 4.79 Å². The topological polar surface area (TPSA) is 44.8 Å². The Hall–Kier alpha value is -1.39. The number of hydrogen-bond donors (Lipinski definition) is 0. The van der Waals surface area contributed by atoms with Crippen LogP contribution in [0.5, 0.6) is 5.75 Å². The Bertz CT molecular complexity index is 470. The fourth-order valence-corrected chi connectivity index (χ4v) is 3.07. The van der Waals surface area contributed by atoms with Crippen molar-refractivity contribution >= 4 is 6.29 Å². The quantitative estimate of drug-likeness (QED) is 0.691. The molecule has 4 heteroatoms. The van der Waals surface area contributed by atoms with Gasteiger partial charge >= 0.3 is 0 Å². The van der Waals surface area contributed by atoms with Gasteiger partial charge in [-0.2, -0.15) is 0 Å². The van der Waals surface area contributed by atoms with Gasteiger partial charge in [0.2, 0.25) is 0 Å². The second-order valence-corrected chi connectivity index (χ2v) is 6.45. The first-order valence-corrected chi connectivity index (χ1v) is 7.88. The minimum atomic E-state index is -0.225. The molecule has 0 aliphatic carbocycles. The summed E-state index contributed by atoms with van der Waals surface area (Å²) in [4.78, 5) is 10.8. The van der Waals surface area contributed by atoms with Gasteiger partial charge in [0.15, 0.2) is 0 Å². The SMILES string of the molecule is COc1ccc(COC[C@H](C)C[C@]2(C)CC[C@H](C=O)O2)cc1. The lowest BCUT2D eigenvalue weighted by Crippen LogP contribution is -2.29. The van der Waals surface area contributed by atoms with Gasteiger partial charge in [0.25, 0.3) is 0 Å². The van der Waals surface area contributed by atoms with E-state index in [-0.39, 0.29) is 11.7 Å². The third kappa shape index (κ3) is 4.82. The predicted octanol–water partition coefficient (Wildman–Crippen LogP) is 3.37. The Morgan fingerprint density at radius 1 is 1.41 bits per heavy atom. The maximum atomic E-state index is 10.8. The van der Waals surface area contributed by atoms with Crippen LogP contribution >= 0.6 is 0 Å². The lowest BCUT2D eigenvalue weighted by Gasteiger charge is -2.27. The lowest BCUT2D eigenvalue weighted by molar-refractivity contribution is -0.123. The molecule has 0 N–H and O–H groups in total. The lowest BCUT2D eigenvalue weighted by atomic mass is 9.91. The summed E-state index contributed by atoms with van der Waals surface area (Å²) in [7, 11) is 1.66. The van der Waals surface area contributed by atoms with E-state index in [1.807, 2.05) is 24.3 Å². The first-order chi connectivity index (χ1) is 10.5. The van der Waals surface area contributed by atoms with Gasteiger partial charge in [-0.05, 0) is 49.8 Å². The van der Waals surface area contributed by atoms with Crippen LogP contribution in [0.1, 0.15) is 38.7 Å². The molecule has 22 heavy (non-hydrogen) atoms. The van der Waals surface area contributed by atoms with Crippen molar-refractivity contribution in [3.05, 3.63) is 29.8 Å². The summed E-state index contributed by atoms with van der Waals surface area (Å²) in [5, 5.41) is 0. The monoisotopic (exact) mass is 306 g/mol. The first-order valence-electron chi connectivity index (χ1n) is 7.88. The number of ether oxygens (including phenoxy) is 3. The second-order valence-electron chi connectivity index (χ2n) is 6.45. The molecule has 4 nitrogen and oxygen atoms in total. The van der Waals surface area contributed by atoms with Crippen LogP contribution in [0.4, 0.5) is 0 Å². The molecule has 1 aromatic rings. The Morgan fingerprint density at radius 3 is 2.73 bits per heavy atom. The van der Waals surface area contributed by atoms with Crippen LogP contribution in [0, 0.1) is 5.92 Å². The Kier molecular flexibility index (Phi) is 5.98. The van der Waals surface area contributed by atoms with Crippen LogP contribution in [0.25, 0.3) is 0 Å². The molecule has 0 amide bonds. The molecule has 2 rings (SSSR count). The van der Waals surface area contributed by atoms with E-state index in [4.69, 9.17) is 14.2 Å². The van der Waals surface area contributed by atoms with Gasteiger partial charge in [0.1, 0.15) is 18.1 Å². The second kappa shape index (κ2) is 7.75. The Labute approximate surface area is 132 Å². The number of aldehydes is 1. The van der Waals surface area contributed by atoms with Gasteiger partial charge < -0.3 is 19.0 Å². The van der Waals surface area contributed by atoms with Crippen molar-refractivity contribution in [1.82, 2.24) is 0 Å². The molecule has 0 spiro atoms. The van der Waals surface area contributed by atoms with Gasteiger partial charge in [0.05, 0.1) is 19.3 Å². The fourth-order valence-electron chi connectivity index (χ4n) is 3.07. The number of carbonyl (C=O) groups excluding carboxylic acids is 1. The average Bonchev–Trinajstić information content (AvgIpc) is 2.89.